The zero-order chi connectivity index (χ0) is 13.7. The van der Waals surface area contributed by atoms with Gasteiger partial charge in [-0.2, -0.15) is 4.98 Å². The first kappa shape index (κ1) is 13.5. The predicted molar refractivity (Wildman–Crippen MR) is 71.7 cm³/mol. The molecule has 0 amide bonds. The fourth-order valence-electron chi connectivity index (χ4n) is 1.57. The van der Waals surface area contributed by atoms with Gasteiger partial charge in [-0.1, -0.05) is 37.2 Å². The molecule has 0 fully saturated rings. The number of nitrogens with two attached hydrogens (primary N) is 1. The minimum Gasteiger partial charge on any atom is -0.493 e. The Morgan fingerprint density at radius 1 is 1.26 bits per heavy atom. The number of para-hydroxylation sites is 1. The molecule has 0 radical (unpaired) electrons. The van der Waals surface area contributed by atoms with Crippen LogP contribution in [0.25, 0.3) is 0 Å². The van der Waals surface area contributed by atoms with Crippen LogP contribution in [0.15, 0.2) is 34.9 Å². The Morgan fingerprint density at radius 2 is 2.00 bits per heavy atom. The summed E-state index contributed by atoms with van der Waals surface area (Å²) in [6, 6.07) is 9.43. The summed E-state index contributed by atoms with van der Waals surface area (Å²) < 4.78 is 10.7. The lowest BCUT2D eigenvalue weighted by molar-refractivity contribution is 0.307. The van der Waals surface area contributed by atoms with Crippen LogP contribution in [0.4, 0.5) is 0 Å². The van der Waals surface area contributed by atoms with E-state index in [1.807, 2.05) is 44.2 Å². The molecule has 1 aromatic heterocycles. The molecule has 0 spiro atoms. The Morgan fingerprint density at radius 3 is 2.68 bits per heavy atom. The lowest BCUT2D eigenvalue weighted by Gasteiger charge is -2.09. The van der Waals surface area contributed by atoms with E-state index < -0.39 is 0 Å². The van der Waals surface area contributed by atoms with Crippen molar-refractivity contribution in [3.05, 3.63) is 42.0 Å². The van der Waals surface area contributed by atoms with Gasteiger partial charge in [-0.3, -0.25) is 0 Å². The molecule has 102 valence electrons. The maximum Gasteiger partial charge on any atom is 0.243 e. The smallest absolute Gasteiger partial charge is 0.243 e. The van der Waals surface area contributed by atoms with E-state index in [9.17, 15) is 0 Å². The summed E-state index contributed by atoms with van der Waals surface area (Å²) in [6.45, 7) is 4.56. The molecule has 5 heteroatoms. The molecule has 1 heterocycles. The van der Waals surface area contributed by atoms with Crippen molar-refractivity contribution < 1.29 is 9.26 Å². The van der Waals surface area contributed by atoms with Crippen LogP contribution < -0.4 is 10.5 Å². The quantitative estimate of drug-likeness (QED) is 0.864. The first-order valence-corrected chi connectivity index (χ1v) is 6.42. The summed E-state index contributed by atoms with van der Waals surface area (Å²) in [5, 5.41) is 3.90. The molecule has 0 aliphatic heterocycles. The van der Waals surface area contributed by atoms with Gasteiger partial charge in [0.2, 0.25) is 5.89 Å². The third-order valence-electron chi connectivity index (χ3n) is 2.82. The lowest BCUT2D eigenvalue weighted by Crippen LogP contribution is -2.17. The van der Waals surface area contributed by atoms with E-state index in [0.717, 1.165) is 5.75 Å². The van der Waals surface area contributed by atoms with Crippen molar-refractivity contribution in [2.45, 2.75) is 26.3 Å². The van der Waals surface area contributed by atoms with Crippen LogP contribution in [-0.4, -0.2) is 16.7 Å². The Labute approximate surface area is 112 Å². The van der Waals surface area contributed by atoms with Crippen LogP contribution in [0.2, 0.25) is 0 Å². The molecule has 5 nitrogen and oxygen atoms in total. The van der Waals surface area contributed by atoms with E-state index >= 15 is 0 Å². The second-order valence-corrected chi connectivity index (χ2v) is 4.73. The molecule has 0 saturated heterocycles. The summed E-state index contributed by atoms with van der Waals surface area (Å²) in [7, 11) is 0. The molecule has 19 heavy (non-hydrogen) atoms. The normalized spacial score (nSPS) is 12.6. The van der Waals surface area contributed by atoms with Gasteiger partial charge in [-0.15, -0.1) is 0 Å². The molecule has 0 aliphatic carbocycles. The van der Waals surface area contributed by atoms with E-state index in [2.05, 4.69) is 10.1 Å². The number of hydrogen-bond acceptors (Lipinski definition) is 5. The first-order chi connectivity index (χ1) is 9.16. The number of benzene rings is 1. The van der Waals surface area contributed by atoms with Crippen LogP contribution in [0.3, 0.4) is 0 Å². The SMILES string of the molecule is CC(C)C(N)c1nc(CCOc2ccccc2)no1. The van der Waals surface area contributed by atoms with Crippen LogP contribution >= 0.6 is 0 Å². The Balaban J connectivity index is 1.84. The summed E-state index contributed by atoms with van der Waals surface area (Å²) in [6.07, 6.45) is 0.600. The predicted octanol–water partition coefficient (Wildman–Crippen LogP) is 2.35. The van der Waals surface area contributed by atoms with Gasteiger partial charge in [-0.25, -0.2) is 0 Å². The fourth-order valence-corrected chi connectivity index (χ4v) is 1.57. The maximum absolute atomic E-state index is 5.94. The lowest BCUT2D eigenvalue weighted by atomic mass is 10.1. The Kier molecular flexibility index (Phi) is 4.52. The monoisotopic (exact) mass is 261 g/mol. The summed E-state index contributed by atoms with van der Waals surface area (Å²) >= 11 is 0. The highest BCUT2D eigenvalue weighted by molar-refractivity contribution is 5.20. The number of rotatable bonds is 6. The maximum atomic E-state index is 5.94. The molecule has 2 N–H and O–H groups in total. The molecular weight excluding hydrogens is 242 g/mol. The van der Waals surface area contributed by atoms with E-state index in [-0.39, 0.29) is 12.0 Å². The number of ether oxygens (including phenoxy) is 1. The van der Waals surface area contributed by atoms with Gasteiger partial charge in [0.05, 0.1) is 12.6 Å². The van der Waals surface area contributed by atoms with Crippen molar-refractivity contribution in [3.63, 3.8) is 0 Å². The van der Waals surface area contributed by atoms with Crippen molar-refractivity contribution in [1.29, 1.82) is 0 Å². The summed E-state index contributed by atoms with van der Waals surface area (Å²) in [5.41, 5.74) is 5.94. The van der Waals surface area contributed by atoms with E-state index in [1.54, 1.807) is 0 Å². The summed E-state index contributed by atoms with van der Waals surface area (Å²) in [4.78, 5) is 4.28. The van der Waals surface area contributed by atoms with Crippen LogP contribution in [0.1, 0.15) is 31.6 Å². The molecule has 1 atom stereocenters. The third-order valence-corrected chi connectivity index (χ3v) is 2.82. The molecule has 2 aromatic rings. The van der Waals surface area contributed by atoms with Crippen molar-refractivity contribution in [1.82, 2.24) is 10.1 Å². The molecule has 0 aliphatic rings. The molecular formula is C14H19N3O2. The van der Waals surface area contributed by atoms with Gasteiger partial charge < -0.3 is 15.0 Å². The fraction of sp³-hybridized carbons (Fsp3) is 0.429. The van der Waals surface area contributed by atoms with Gasteiger partial charge in [0.15, 0.2) is 5.82 Å². The number of nitrogens with zero attached hydrogens (tertiary/aromatic N) is 2. The van der Waals surface area contributed by atoms with Gasteiger partial charge in [0.25, 0.3) is 0 Å². The minimum absolute atomic E-state index is 0.212. The van der Waals surface area contributed by atoms with Crippen molar-refractivity contribution in [2.24, 2.45) is 11.7 Å². The van der Waals surface area contributed by atoms with Crippen LogP contribution in [0.5, 0.6) is 5.75 Å². The van der Waals surface area contributed by atoms with Gasteiger partial charge >= 0.3 is 0 Å². The molecule has 1 aromatic carbocycles. The Hall–Kier alpha value is -1.88. The highest BCUT2D eigenvalue weighted by Crippen LogP contribution is 2.16. The van der Waals surface area contributed by atoms with Gasteiger partial charge in [0, 0.05) is 6.42 Å². The highest BCUT2D eigenvalue weighted by Gasteiger charge is 2.17. The van der Waals surface area contributed by atoms with Crippen LogP contribution in [0, 0.1) is 5.92 Å². The Bertz CT molecular complexity index is 496. The second kappa shape index (κ2) is 6.33. The highest BCUT2D eigenvalue weighted by atomic mass is 16.5. The number of hydrogen-bond donors (Lipinski definition) is 1. The zero-order valence-corrected chi connectivity index (χ0v) is 11.2. The standard InChI is InChI=1S/C14H19N3O2/c1-10(2)13(15)14-16-12(17-19-14)8-9-18-11-6-4-3-5-7-11/h3-7,10,13H,8-9,15H2,1-2H3. The van der Waals surface area contributed by atoms with Crippen LogP contribution in [-0.2, 0) is 6.42 Å². The second-order valence-electron chi connectivity index (χ2n) is 4.73. The van der Waals surface area contributed by atoms with Gasteiger partial charge in [0.1, 0.15) is 5.75 Å². The molecule has 2 rings (SSSR count). The molecule has 0 saturated carbocycles. The molecule has 1 unspecified atom stereocenters. The first-order valence-electron chi connectivity index (χ1n) is 6.42. The van der Waals surface area contributed by atoms with Crippen molar-refractivity contribution in [2.75, 3.05) is 6.61 Å². The average molecular weight is 261 g/mol. The third kappa shape index (κ3) is 3.79. The minimum atomic E-state index is -0.212. The topological polar surface area (TPSA) is 74.2 Å². The van der Waals surface area contributed by atoms with Crippen molar-refractivity contribution in [3.8, 4) is 5.75 Å². The zero-order valence-electron chi connectivity index (χ0n) is 11.2. The largest absolute Gasteiger partial charge is 0.493 e. The summed E-state index contributed by atoms with van der Waals surface area (Å²) in [5.74, 6) is 2.23. The van der Waals surface area contributed by atoms with Gasteiger partial charge in [-0.05, 0) is 18.1 Å². The molecule has 0 bridgehead atoms. The van der Waals surface area contributed by atoms with E-state index in [0.29, 0.717) is 24.7 Å². The van der Waals surface area contributed by atoms with E-state index in [4.69, 9.17) is 15.0 Å². The van der Waals surface area contributed by atoms with Crippen molar-refractivity contribution >= 4 is 0 Å². The number of aromatic nitrogens is 2. The average Bonchev–Trinajstić information content (AvgIpc) is 2.88. The van der Waals surface area contributed by atoms with E-state index in [1.165, 1.54) is 0 Å².